The summed E-state index contributed by atoms with van der Waals surface area (Å²) in [6.07, 6.45) is 4.95. The minimum Gasteiger partial charge on any atom is -0.341 e. The summed E-state index contributed by atoms with van der Waals surface area (Å²) in [5.74, 6) is 0.244. The molecule has 0 fully saturated rings. The van der Waals surface area contributed by atoms with Crippen molar-refractivity contribution in [3.05, 3.63) is 21.9 Å². The number of nitrogens with two attached hydrogens (primary N) is 1. The lowest BCUT2D eigenvalue weighted by Gasteiger charge is -2.16. The zero-order valence-corrected chi connectivity index (χ0v) is 12.3. The summed E-state index contributed by atoms with van der Waals surface area (Å²) in [5.41, 5.74) is 5.43. The molecule has 4 heteroatoms. The van der Waals surface area contributed by atoms with Crippen molar-refractivity contribution in [1.82, 2.24) is 4.90 Å². The van der Waals surface area contributed by atoms with E-state index in [1.807, 2.05) is 11.9 Å². The van der Waals surface area contributed by atoms with Crippen LogP contribution in [-0.4, -0.2) is 24.4 Å². The van der Waals surface area contributed by atoms with Gasteiger partial charge in [-0.15, -0.1) is 11.3 Å². The standard InChI is InChI=1S/C14H24N2OS/c1-12-8-9-13(18-12)11-16(2)14(17)7-5-3-4-6-10-15/h8-9H,3-7,10-11,15H2,1-2H3. The van der Waals surface area contributed by atoms with Crippen molar-refractivity contribution in [2.45, 2.75) is 45.6 Å². The SMILES string of the molecule is Cc1ccc(CN(C)C(=O)CCCCCCN)s1. The number of carbonyl (C=O) groups excluding carboxylic acids is 1. The van der Waals surface area contributed by atoms with Crippen LogP contribution >= 0.6 is 11.3 Å². The van der Waals surface area contributed by atoms with E-state index < -0.39 is 0 Å². The Morgan fingerprint density at radius 2 is 2.00 bits per heavy atom. The number of rotatable bonds is 8. The molecule has 0 spiro atoms. The minimum atomic E-state index is 0.244. The van der Waals surface area contributed by atoms with Crippen LogP contribution in [0.4, 0.5) is 0 Å². The topological polar surface area (TPSA) is 46.3 Å². The van der Waals surface area contributed by atoms with Crippen LogP contribution in [0.25, 0.3) is 0 Å². The van der Waals surface area contributed by atoms with Gasteiger partial charge in [-0.25, -0.2) is 0 Å². The zero-order chi connectivity index (χ0) is 13.4. The number of thiophene rings is 1. The quantitative estimate of drug-likeness (QED) is 0.737. The third-order valence-corrected chi connectivity index (χ3v) is 3.94. The highest BCUT2D eigenvalue weighted by atomic mass is 32.1. The molecule has 0 aliphatic carbocycles. The second kappa shape index (κ2) is 8.27. The number of carbonyl (C=O) groups is 1. The van der Waals surface area contributed by atoms with Gasteiger partial charge < -0.3 is 10.6 Å². The first-order valence-corrected chi connectivity index (χ1v) is 7.44. The summed E-state index contributed by atoms with van der Waals surface area (Å²) in [5, 5.41) is 0. The van der Waals surface area contributed by atoms with Crippen molar-refractivity contribution in [2.75, 3.05) is 13.6 Å². The number of amides is 1. The number of unbranched alkanes of at least 4 members (excludes halogenated alkanes) is 3. The van der Waals surface area contributed by atoms with Crippen LogP contribution in [0.3, 0.4) is 0 Å². The Kier molecular flexibility index (Phi) is 6.98. The van der Waals surface area contributed by atoms with Crippen LogP contribution in [0.1, 0.15) is 41.9 Å². The summed E-state index contributed by atoms with van der Waals surface area (Å²) in [6, 6.07) is 4.20. The van der Waals surface area contributed by atoms with Crippen LogP contribution < -0.4 is 5.73 Å². The van der Waals surface area contributed by atoms with Crippen LogP contribution in [0.15, 0.2) is 12.1 Å². The molecule has 0 saturated carbocycles. The van der Waals surface area contributed by atoms with Crippen molar-refractivity contribution in [1.29, 1.82) is 0 Å². The Bertz CT molecular complexity index is 362. The summed E-state index contributed by atoms with van der Waals surface area (Å²) in [4.78, 5) is 16.3. The van der Waals surface area contributed by atoms with Crippen LogP contribution in [0.2, 0.25) is 0 Å². The maximum atomic E-state index is 11.9. The van der Waals surface area contributed by atoms with E-state index in [1.165, 1.54) is 9.75 Å². The van der Waals surface area contributed by atoms with Gasteiger partial charge in [0.05, 0.1) is 6.54 Å². The van der Waals surface area contributed by atoms with E-state index in [4.69, 9.17) is 5.73 Å². The third-order valence-electron chi connectivity index (χ3n) is 2.96. The van der Waals surface area contributed by atoms with E-state index in [1.54, 1.807) is 11.3 Å². The van der Waals surface area contributed by atoms with Gasteiger partial charge in [-0.05, 0) is 38.4 Å². The highest BCUT2D eigenvalue weighted by Crippen LogP contribution is 2.17. The molecule has 1 heterocycles. The number of hydrogen-bond donors (Lipinski definition) is 1. The van der Waals surface area contributed by atoms with E-state index in [0.717, 1.165) is 38.8 Å². The Balaban J connectivity index is 2.20. The summed E-state index contributed by atoms with van der Waals surface area (Å²) in [6.45, 7) is 3.58. The molecule has 0 radical (unpaired) electrons. The van der Waals surface area contributed by atoms with Crippen molar-refractivity contribution in [2.24, 2.45) is 5.73 Å². The first-order chi connectivity index (χ1) is 8.63. The highest BCUT2D eigenvalue weighted by Gasteiger charge is 2.09. The molecule has 1 amide bonds. The molecule has 0 bridgehead atoms. The molecule has 1 rings (SSSR count). The van der Waals surface area contributed by atoms with Gasteiger partial charge in [0, 0.05) is 23.2 Å². The largest absolute Gasteiger partial charge is 0.341 e. The van der Waals surface area contributed by atoms with E-state index >= 15 is 0 Å². The van der Waals surface area contributed by atoms with E-state index in [9.17, 15) is 4.79 Å². The molecule has 0 saturated heterocycles. The number of hydrogen-bond acceptors (Lipinski definition) is 3. The van der Waals surface area contributed by atoms with Gasteiger partial charge in [-0.1, -0.05) is 12.8 Å². The molecule has 1 aromatic rings. The number of nitrogens with zero attached hydrogens (tertiary/aromatic N) is 1. The van der Waals surface area contributed by atoms with Gasteiger partial charge in [-0.3, -0.25) is 4.79 Å². The third kappa shape index (κ3) is 5.65. The minimum absolute atomic E-state index is 0.244. The highest BCUT2D eigenvalue weighted by molar-refractivity contribution is 7.11. The Morgan fingerprint density at radius 1 is 1.28 bits per heavy atom. The lowest BCUT2D eigenvalue weighted by Crippen LogP contribution is -2.25. The number of aryl methyl sites for hydroxylation is 1. The lowest BCUT2D eigenvalue weighted by molar-refractivity contribution is -0.130. The summed E-state index contributed by atoms with van der Waals surface area (Å²) in [7, 11) is 1.89. The normalized spacial score (nSPS) is 10.6. The molecule has 18 heavy (non-hydrogen) atoms. The van der Waals surface area contributed by atoms with Gasteiger partial charge in [0.25, 0.3) is 0 Å². The van der Waals surface area contributed by atoms with Crippen molar-refractivity contribution >= 4 is 17.2 Å². The zero-order valence-electron chi connectivity index (χ0n) is 11.4. The van der Waals surface area contributed by atoms with E-state index in [0.29, 0.717) is 6.42 Å². The second-order valence-electron chi connectivity index (χ2n) is 4.72. The first kappa shape index (κ1) is 15.2. The molecule has 0 aromatic carbocycles. The fourth-order valence-corrected chi connectivity index (χ4v) is 2.80. The predicted octanol–water partition coefficient (Wildman–Crippen LogP) is 2.92. The maximum absolute atomic E-state index is 11.9. The van der Waals surface area contributed by atoms with Crippen molar-refractivity contribution < 1.29 is 4.79 Å². The van der Waals surface area contributed by atoms with Crippen LogP contribution in [0, 0.1) is 6.92 Å². The average Bonchev–Trinajstić information content (AvgIpc) is 2.74. The predicted molar refractivity (Wildman–Crippen MR) is 77.7 cm³/mol. The molecule has 0 unspecified atom stereocenters. The molecule has 2 N–H and O–H groups in total. The Morgan fingerprint density at radius 3 is 2.61 bits per heavy atom. The van der Waals surface area contributed by atoms with Crippen molar-refractivity contribution in [3.8, 4) is 0 Å². The van der Waals surface area contributed by atoms with Crippen LogP contribution in [0.5, 0.6) is 0 Å². The van der Waals surface area contributed by atoms with E-state index in [2.05, 4.69) is 19.1 Å². The summed E-state index contributed by atoms with van der Waals surface area (Å²) < 4.78 is 0. The molecule has 3 nitrogen and oxygen atoms in total. The molecule has 0 aliphatic heterocycles. The fourth-order valence-electron chi connectivity index (χ4n) is 1.86. The smallest absolute Gasteiger partial charge is 0.222 e. The van der Waals surface area contributed by atoms with Gasteiger partial charge >= 0.3 is 0 Å². The molecule has 1 aromatic heterocycles. The molecular weight excluding hydrogens is 244 g/mol. The fraction of sp³-hybridized carbons (Fsp3) is 0.643. The molecule has 0 atom stereocenters. The van der Waals surface area contributed by atoms with Gasteiger partial charge in [0.2, 0.25) is 5.91 Å². The van der Waals surface area contributed by atoms with Gasteiger partial charge in [0.15, 0.2) is 0 Å². The summed E-state index contributed by atoms with van der Waals surface area (Å²) >= 11 is 1.76. The average molecular weight is 268 g/mol. The monoisotopic (exact) mass is 268 g/mol. The lowest BCUT2D eigenvalue weighted by atomic mass is 10.1. The maximum Gasteiger partial charge on any atom is 0.222 e. The Labute approximate surface area is 114 Å². The van der Waals surface area contributed by atoms with E-state index in [-0.39, 0.29) is 5.91 Å². The Hall–Kier alpha value is -0.870. The molecule has 102 valence electrons. The van der Waals surface area contributed by atoms with Crippen molar-refractivity contribution in [3.63, 3.8) is 0 Å². The van der Waals surface area contributed by atoms with Crippen LogP contribution in [-0.2, 0) is 11.3 Å². The molecule has 0 aliphatic rings. The van der Waals surface area contributed by atoms with Gasteiger partial charge in [-0.2, -0.15) is 0 Å². The van der Waals surface area contributed by atoms with Gasteiger partial charge in [0.1, 0.15) is 0 Å². The second-order valence-corrected chi connectivity index (χ2v) is 6.09. The molecular formula is C14H24N2OS. The first-order valence-electron chi connectivity index (χ1n) is 6.63.